The van der Waals surface area contributed by atoms with Crippen LogP contribution in [0, 0.1) is 5.82 Å². The standard InChI is InChI=1S/C15H10ClFN2O/c16-9-6-10-12(8-4-2-1-3-5-8)14(15(18)20)19-13(10)11(17)7-9/h1-7,19H,(H2,18,20). The van der Waals surface area contributed by atoms with Crippen LogP contribution < -0.4 is 5.73 Å². The highest BCUT2D eigenvalue weighted by molar-refractivity contribution is 6.31. The van der Waals surface area contributed by atoms with Gasteiger partial charge in [0, 0.05) is 16.0 Å². The number of aromatic amines is 1. The molecule has 0 bridgehead atoms. The summed E-state index contributed by atoms with van der Waals surface area (Å²) in [6, 6.07) is 12.0. The number of hydrogen-bond donors (Lipinski definition) is 2. The van der Waals surface area contributed by atoms with Gasteiger partial charge >= 0.3 is 0 Å². The Kier molecular flexibility index (Phi) is 2.95. The Morgan fingerprint density at radius 2 is 1.90 bits per heavy atom. The topological polar surface area (TPSA) is 58.9 Å². The molecule has 0 unspecified atom stereocenters. The highest BCUT2D eigenvalue weighted by atomic mass is 35.5. The monoisotopic (exact) mass is 288 g/mol. The number of carbonyl (C=O) groups is 1. The number of primary amides is 1. The van der Waals surface area contributed by atoms with Crippen molar-refractivity contribution in [3.8, 4) is 11.1 Å². The highest BCUT2D eigenvalue weighted by Gasteiger charge is 2.19. The summed E-state index contributed by atoms with van der Waals surface area (Å²) in [4.78, 5) is 14.3. The van der Waals surface area contributed by atoms with Gasteiger partial charge < -0.3 is 10.7 Å². The Balaban J connectivity index is 2.44. The highest BCUT2D eigenvalue weighted by Crippen LogP contribution is 2.35. The zero-order valence-electron chi connectivity index (χ0n) is 10.3. The molecular formula is C15H10ClFN2O. The number of halogens is 2. The Hall–Kier alpha value is -2.33. The van der Waals surface area contributed by atoms with Gasteiger partial charge in [-0.2, -0.15) is 0 Å². The van der Waals surface area contributed by atoms with Gasteiger partial charge in [0.2, 0.25) is 0 Å². The van der Waals surface area contributed by atoms with E-state index in [-0.39, 0.29) is 16.2 Å². The molecule has 0 aliphatic rings. The fourth-order valence-electron chi connectivity index (χ4n) is 2.31. The van der Waals surface area contributed by atoms with E-state index >= 15 is 0 Å². The molecule has 5 heteroatoms. The molecule has 20 heavy (non-hydrogen) atoms. The lowest BCUT2D eigenvalue weighted by Crippen LogP contribution is -2.12. The Morgan fingerprint density at radius 3 is 2.55 bits per heavy atom. The van der Waals surface area contributed by atoms with E-state index in [0.717, 1.165) is 5.56 Å². The molecule has 0 spiro atoms. The quantitative estimate of drug-likeness (QED) is 0.742. The van der Waals surface area contributed by atoms with Crippen molar-refractivity contribution >= 4 is 28.4 Å². The van der Waals surface area contributed by atoms with Crippen LogP contribution in [-0.2, 0) is 0 Å². The Morgan fingerprint density at radius 1 is 1.20 bits per heavy atom. The summed E-state index contributed by atoms with van der Waals surface area (Å²) in [5, 5.41) is 0.803. The molecule has 0 aliphatic carbocycles. The minimum atomic E-state index is -0.643. The molecule has 0 radical (unpaired) electrons. The van der Waals surface area contributed by atoms with Crippen molar-refractivity contribution in [2.45, 2.75) is 0 Å². The van der Waals surface area contributed by atoms with E-state index in [1.165, 1.54) is 6.07 Å². The van der Waals surface area contributed by atoms with Crippen molar-refractivity contribution in [2.75, 3.05) is 0 Å². The van der Waals surface area contributed by atoms with Crippen molar-refractivity contribution in [3.05, 3.63) is 59.0 Å². The summed E-state index contributed by atoms with van der Waals surface area (Å²) in [7, 11) is 0. The second-order valence-corrected chi connectivity index (χ2v) is 4.85. The van der Waals surface area contributed by atoms with Crippen LogP contribution in [0.1, 0.15) is 10.5 Å². The molecule has 3 rings (SSSR count). The molecule has 0 fully saturated rings. The van der Waals surface area contributed by atoms with E-state index in [1.807, 2.05) is 30.3 Å². The van der Waals surface area contributed by atoms with E-state index in [4.69, 9.17) is 17.3 Å². The van der Waals surface area contributed by atoms with Gasteiger partial charge in [-0.25, -0.2) is 4.39 Å². The minimum absolute atomic E-state index is 0.173. The molecule has 0 saturated carbocycles. The normalized spacial score (nSPS) is 10.9. The van der Waals surface area contributed by atoms with Gasteiger partial charge in [-0.15, -0.1) is 0 Å². The van der Waals surface area contributed by atoms with E-state index < -0.39 is 11.7 Å². The fraction of sp³-hybridized carbons (Fsp3) is 0. The van der Waals surface area contributed by atoms with Crippen molar-refractivity contribution in [1.29, 1.82) is 0 Å². The van der Waals surface area contributed by atoms with Crippen molar-refractivity contribution in [3.63, 3.8) is 0 Å². The molecule has 1 aromatic heterocycles. The lowest BCUT2D eigenvalue weighted by Gasteiger charge is -2.02. The molecule has 0 aliphatic heterocycles. The summed E-state index contributed by atoms with van der Waals surface area (Å²) in [6.07, 6.45) is 0. The Labute approximate surface area is 119 Å². The number of nitrogens with one attached hydrogen (secondary N) is 1. The van der Waals surface area contributed by atoms with Crippen LogP contribution in [-0.4, -0.2) is 10.9 Å². The maximum Gasteiger partial charge on any atom is 0.265 e. The van der Waals surface area contributed by atoms with E-state index in [0.29, 0.717) is 10.9 Å². The van der Waals surface area contributed by atoms with Gasteiger partial charge in [0.05, 0.1) is 5.52 Å². The fourth-order valence-corrected chi connectivity index (χ4v) is 2.51. The average Bonchev–Trinajstić information content (AvgIpc) is 2.79. The third kappa shape index (κ3) is 1.94. The second kappa shape index (κ2) is 4.65. The van der Waals surface area contributed by atoms with Gasteiger partial charge in [-0.3, -0.25) is 4.79 Å². The number of aromatic nitrogens is 1. The first-order valence-corrected chi connectivity index (χ1v) is 6.31. The molecule has 1 amide bonds. The van der Waals surface area contributed by atoms with Crippen LogP contribution >= 0.6 is 11.6 Å². The second-order valence-electron chi connectivity index (χ2n) is 4.42. The van der Waals surface area contributed by atoms with Crippen molar-refractivity contribution in [2.24, 2.45) is 5.73 Å². The average molecular weight is 289 g/mol. The summed E-state index contributed by atoms with van der Waals surface area (Å²) >= 11 is 5.90. The summed E-state index contributed by atoms with van der Waals surface area (Å²) in [5.74, 6) is -1.16. The molecule has 100 valence electrons. The summed E-state index contributed by atoms with van der Waals surface area (Å²) in [6.45, 7) is 0. The minimum Gasteiger partial charge on any atom is -0.364 e. The molecule has 2 aromatic carbocycles. The van der Waals surface area contributed by atoms with Crippen LogP contribution in [0.3, 0.4) is 0 Å². The summed E-state index contributed by atoms with van der Waals surface area (Å²) < 4.78 is 14.0. The maximum atomic E-state index is 14.0. The number of H-pyrrole nitrogens is 1. The maximum absolute atomic E-state index is 14.0. The van der Waals surface area contributed by atoms with E-state index in [2.05, 4.69) is 4.98 Å². The number of benzene rings is 2. The van der Waals surface area contributed by atoms with E-state index in [9.17, 15) is 9.18 Å². The molecular weight excluding hydrogens is 279 g/mol. The SMILES string of the molecule is NC(=O)c1[nH]c2c(F)cc(Cl)cc2c1-c1ccccc1. The number of rotatable bonds is 2. The van der Waals surface area contributed by atoms with Gasteiger partial charge in [0.15, 0.2) is 0 Å². The van der Waals surface area contributed by atoms with Crippen LogP contribution in [0.25, 0.3) is 22.0 Å². The first-order valence-electron chi connectivity index (χ1n) is 5.94. The van der Waals surface area contributed by atoms with Crippen LogP contribution in [0.4, 0.5) is 4.39 Å². The zero-order chi connectivity index (χ0) is 14.3. The van der Waals surface area contributed by atoms with Crippen molar-refractivity contribution < 1.29 is 9.18 Å². The zero-order valence-corrected chi connectivity index (χ0v) is 11.0. The van der Waals surface area contributed by atoms with Gasteiger partial charge in [-0.05, 0) is 17.7 Å². The predicted molar refractivity (Wildman–Crippen MR) is 77.2 cm³/mol. The van der Waals surface area contributed by atoms with Gasteiger partial charge in [-0.1, -0.05) is 41.9 Å². The van der Waals surface area contributed by atoms with Crippen LogP contribution in [0.15, 0.2) is 42.5 Å². The van der Waals surface area contributed by atoms with E-state index in [1.54, 1.807) is 6.07 Å². The third-order valence-electron chi connectivity index (χ3n) is 3.13. The number of nitrogens with two attached hydrogens (primary N) is 1. The van der Waals surface area contributed by atoms with Crippen LogP contribution in [0.5, 0.6) is 0 Å². The number of amides is 1. The molecule has 0 atom stereocenters. The largest absolute Gasteiger partial charge is 0.364 e. The predicted octanol–water partition coefficient (Wildman–Crippen LogP) is 3.73. The lowest BCUT2D eigenvalue weighted by molar-refractivity contribution is 0.0997. The number of hydrogen-bond acceptors (Lipinski definition) is 1. The van der Waals surface area contributed by atoms with Gasteiger partial charge in [0.1, 0.15) is 11.5 Å². The summed E-state index contributed by atoms with van der Waals surface area (Å²) in [5.41, 5.74) is 7.11. The van der Waals surface area contributed by atoms with Crippen LogP contribution in [0.2, 0.25) is 5.02 Å². The molecule has 3 nitrogen and oxygen atoms in total. The molecule has 3 N–H and O–H groups in total. The molecule has 1 heterocycles. The Bertz CT molecular complexity index is 812. The number of fused-ring (bicyclic) bond motifs is 1. The first kappa shape index (κ1) is 12.7. The number of carbonyl (C=O) groups excluding carboxylic acids is 1. The third-order valence-corrected chi connectivity index (χ3v) is 3.35. The first-order chi connectivity index (χ1) is 9.58. The smallest absolute Gasteiger partial charge is 0.265 e. The van der Waals surface area contributed by atoms with Crippen molar-refractivity contribution in [1.82, 2.24) is 4.98 Å². The molecule has 0 saturated heterocycles. The molecule has 3 aromatic rings. The lowest BCUT2D eigenvalue weighted by atomic mass is 10.0. The van der Waals surface area contributed by atoms with Gasteiger partial charge in [0.25, 0.3) is 5.91 Å².